The zero-order valence-corrected chi connectivity index (χ0v) is 17.9. The molecule has 110 valence electrons. The first-order valence-corrected chi connectivity index (χ1v) is 10.5. The third kappa shape index (κ3) is 4.32. The number of halogens is 3. The Morgan fingerprint density at radius 3 is 2.10 bits per heavy atom. The maximum Gasteiger partial charge on any atom is 0.262 e. The molecule has 0 saturated heterocycles. The molecule has 0 aromatic heterocycles. The molecular weight excluding hydrogens is 627 g/mol. The van der Waals surface area contributed by atoms with Gasteiger partial charge in [-0.05, 0) is 97.6 Å². The zero-order chi connectivity index (χ0) is 15.6. The molecule has 0 spiro atoms. The highest BCUT2D eigenvalue weighted by Gasteiger charge is 2.19. The standard InChI is InChI=1S/C14H10I3NO2S/c1-2-9-3-5-10(6-4-9)18-21(19,20)14-8-12(16)11(15)7-13(14)17/h2-8,18H,1H2. The fraction of sp³-hybridized carbons (Fsp3) is 0. The number of hydrogen-bond donors (Lipinski definition) is 1. The van der Waals surface area contributed by atoms with E-state index in [-0.39, 0.29) is 0 Å². The highest BCUT2D eigenvalue weighted by atomic mass is 127. The van der Waals surface area contributed by atoms with Gasteiger partial charge in [-0.1, -0.05) is 24.8 Å². The molecule has 0 saturated carbocycles. The van der Waals surface area contributed by atoms with Crippen molar-refractivity contribution >= 4 is 89.6 Å². The summed E-state index contributed by atoms with van der Waals surface area (Å²) in [4.78, 5) is 0.292. The Morgan fingerprint density at radius 1 is 0.952 bits per heavy atom. The molecule has 2 rings (SSSR count). The maximum absolute atomic E-state index is 12.5. The summed E-state index contributed by atoms with van der Waals surface area (Å²) in [7, 11) is -3.59. The number of rotatable bonds is 4. The Kier molecular flexibility index (Phi) is 5.93. The van der Waals surface area contributed by atoms with Gasteiger partial charge in [-0.2, -0.15) is 0 Å². The van der Waals surface area contributed by atoms with Crippen molar-refractivity contribution in [3.05, 3.63) is 59.3 Å². The summed E-state index contributed by atoms with van der Waals surface area (Å²) in [5.74, 6) is 0. The maximum atomic E-state index is 12.5. The van der Waals surface area contributed by atoms with Crippen LogP contribution >= 0.6 is 67.8 Å². The Hall–Kier alpha value is 0.120. The van der Waals surface area contributed by atoms with Crippen molar-refractivity contribution in [2.45, 2.75) is 4.90 Å². The van der Waals surface area contributed by atoms with Crippen molar-refractivity contribution in [3.8, 4) is 0 Å². The van der Waals surface area contributed by atoms with E-state index in [0.717, 1.165) is 12.7 Å². The minimum Gasteiger partial charge on any atom is -0.280 e. The fourth-order valence-corrected chi connectivity index (χ4v) is 5.83. The van der Waals surface area contributed by atoms with Crippen molar-refractivity contribution < 1.29 is 8.42 Å². The minimum atomic E-state index is -3.59. The minimum absolute atomic E-state index is 0.292. The van der Waals surface area contributed by atoms with E-state index < -0.39 is 10.0 Å². The van der Waals surface area contributed by atoms with Crippen molar-refractivity contribution in [3.63, 3.8) is 0 Å². The zero-order valence-electron chi connectivity index (χ0n) is 10.6. The van der Waals surface area contributed by atoms with E-state index >= 15 is 0 Å². The van der Waals surface area contributed by atoms with Crippen LogP contribution in [-0.2, 0) is 10.0 Å². The van der Waals surface area contributed by atoms with Crippen LogP contribution in [0.2, 0.25) is 0 Å². The number of benzene rings is 2. The molecule has 2 aromatic rings. The summed E-state index contributed by atoms with van der Waals surface area (Å²) in [5, 5.41) is 0. The average Bonchev–Trinajstić information content (AvgIpc) is 2.43. The van der Waals surface area contributed by atoms with Gasteiger partial charge in [0.05, 0.1) is 0 Å². The van der Waals surface area contributed by atoms with Gasteiger partial charge in [0.25, 0.3) is 10.0 Å². The lowest BCUT2D eigenvalue weighted by Gasteiger charge is -2.11. The Morgan fingerprint density at radius 2 is 1.52 bits per heavy atom. The molecule has 3 nitrogen and oxygen atoms in total. The van der Waals surface area contributed by atoms with Crippen molar-refractivity contribution in [2.24, 2.45) is 0 Å². The van der Waals surface area contributed by atoms with Crippen LogP contribution in [-0.4, -0.2) is 8.42 Å². The van der Waals surface area contributed by atoms with Crippen molar-refractivity contribution in [1.29, 1.82) is 0 Å². The second-order valence-corrected chi connectivity index (χ2v) is 9.27. The summed E-state index contributed by atoms with van der Waals surface area (Å²) in [5.41, 5.74) is 1.47. The molecule has 0 bridgehead atoms. The van der Waals surface area contributed by atoms with Gasteiger partial charge < -0.3 is 0 Å². The quantitative estimate of drug-likeness (QED) is 0.382. The molecule has 21 heavy (non-hydrogen) atoms. The van der Waals surface area contributed by atoms with Crippen molar-refractivity contribution in [2.75, 3.05) is 4.72 Å². The predicted molar refractivity (Wildman–Crippen MR) is 112 cm³/mol. The number of hydrogen-bond acceptors (Lipinski definition) is 2. The highest BCUT2D eigenvalue weighted by Crippen LogP contribution is 2.27. The van der Waals surface area contributed by atoms with Crippen LogP contribution in [0.15, 0.2) is 47.9 Å². The van der Waals surface area contributed by atoms with Crippen LogP contribution < -0.4 is 4.72 Å². The second kappa shape index (κ2) is 7.13. The SMILES string of the molecule is C=Cc1ccc(NS(=O)(=O)c2cc(I)c(I)cc2I)cc1. The molecule has 0 aliphatic heterocycles. The molecule has 0 atom stereocenters. The summed E-state index contributed by atoms with van der Waals surface area (Å²) >= 11 is 6.36. The lowest BCUT2D eigenvalue weighted by Crippen LogP contribution is -2.14. The first-order chi connectivity index (χ1) is 9.83. The van der Waals surface area contributed by atoms with Gasteiger partial charge >= 0.3 is 0 Å². The number of nitrogens with one attached hydrogen (secondary N) is 1. The molecule has 7 heteroatoms. The van der Waals surface area contributed by atoms with E-state index in [2.05, 4.69) is 56.5 Å². The van der Waals surface area contributed by atoms with Gasteiger partial charge in [0.1, 0.15) is 4.90 Å². The Bertz CT molecular complexity index is 787. The monoisotopic (exact) mass is 637 g/mol. The van der Waals surface area contributed by atoms with E-state index in [1.54, 1.807) is 24.3 Å². The Balaban J connectivity index is 2.38. The van der Waals surface area contributed by atoms with E-state index in [1.165, 1.54) is 0 Å². The first-order valence-electron chi connectivity index (χ1n) is 5.73. The number of sulfonamides is 1. The largest absolute Gasteiger partial charge is 0.280 e. The van der Waals surface area contributed by atoms with Gasteiger partial charge in [0, 0.05) is 16.4 Å². The molecular formula is C14H10I3NO2S. The molecule has 0 fully saturated rings. The van der Waals surface area contributed by atoms with Gasteiger partial charge in [-0.3, -0.25) is 4.72 Å². The molecule has 0 heterocycles. The third-order valence-electron chi connectivity index (χ3n) is 2.66. The van der Waals surface area contributed by atoms with E-state index in [0.29, 0.717) is 14.2 Å². The van der Waals surface area contributed by atoms with Gasteiger partial charge in [-0.25, -0.2) is 8.42 Å². The fourth-order valence-electron chi connectivity index (χ4n) is 1.61. The third-order valence-corrected chi connectivity index (χ3v) is 8.16. The molecule has 0 unspecified atom stereocenters. The van der Waals surface area contributed by atoms with E-state index in [9.17, 15) is 8.42 Å². The molecule has 0 aliphatic carbocycles. The van der Waals surface area contributed by atoms with Crippen LogP contribution in [0, 0.1) is 10.7 Å². The lowest BCUT2D eigenvalue weighted by atomic mass is 10.2. The van der Waals surface area contributed by atoms with E-state index in [4.69, 9.17) is 0 Å². The highest BCUT2D eigenvalue weighted by molar-refractivity contribution is 14.1. The summed E-state index contributed by atoms with van der Waals surface area (Å²) in [6, 6.07) is 10.6. The molecule has 0 radical (unpaired) electrons. The van der Waals surface area contributed by atoms with Crippen LogP contribution in [0.25, 0.3) is 6.08 Å². The molecule has 0 amide bonds. The molecule has 2 aromatic carbocycles. The predicted octanol–water partition coefficient (Wildman–Crippen LogP) is 4.94. The topological polar surface area (TPSA) is 46.2 Å². The first kappa shape index (κ1) is 17.5. The number of anilines is 1. The van der Waals surface area contributed by atoms with Gasteiger partial charge in [0.15, 0.2) is 0 Å². The van der Waals surface area contributed by atoms with Crippen LogP contribution in [0.1, 0.15) is 5.56 Å². The van der Waals surface area contributed by atoms with Crippen molar-refractivity contribution in [1.82, 2.24) is 0 Å². The second-order valence-electron chi connectivity index (χ2n) is 4.13. The lowest BCUT2D eigenvalue weighted by molar-refractivity contribution is 0.600. The van der Waals surface area contributed by atoms with Gasteiger partial charge in [0.2, 0.25) is 0 Å². The van der Waals surface area contributed by atoms with E-state index in [1.807, 2.05) is 40.8 Å². The van der Waals surface area contributed by atoms with Gasteiger partial charge in [-0.15, -0.1) is 0 Å². The van der Waals surface area contributed by atoms with Crippen LogP contribution in [0.3, 0.4) is 0 Å². The average molecular weight is 637 g/mol. The van der Waals surface area contributed by atoms with Crippen LogP contribution in [0.4, 0.5) is 5.69 Å². The Labute approximate surface area is 165 Å². The summed E-state index contributed by atoms with van der Waals surface area (Å²) < 4.78 is 30.2. The molecule has 1 N–H and O–H groups in total. The van der Waals surface area contributed by atoms with Crippen LogP contribution in [0.5, 0.6) is 0 Å². The summed E-state index contributed by atoms with van der Waals surface area (Å²) in [6.07, 6.45) is 1.71. The normalized spacial score (nSPS) is 11.2. The summed E-state index contributed by atoms with van der Waals surface area (Å²) in [6.45, 7) is 3.67. The molecule has 0 aliphatic rings. The smallest absolute Gasteiger partial charge is 0.262 e.